The quantitative estimate of drug-likeness (QED) is 0.610. The van der Waals surface area contributed by atoms with Gasteiger partial charge >= 0.3 is 0 Å². The van der Waals surface area contributed by atoms with E-state index in [0.29, 0.717) is 5.88 Å². The van der Waals surface area contributed by atoms with Crippen molar-refractivity contribution in [3.05, 3.63) is 9.98 Å². The molecule has 0 atom stereocenters. The summed E-state index contributed by atoms with van der Waals surface area (Å²) in [5.74, 6) is 1.61. The molecule has 1 aromatic heterocycles. The number of hydrogen-bond acceptors (Lipinski definition) is 3. The third kappa shape index (κ3) is 2.78. The summed E-state index contributed by atoms with van der Waals surface area (Å²) >= 11 is 12.1. The zero-order valence-electron chi connectivity index (χ0n) is 5.01. The van der Waals surface area contributed by atoms with Crippen LogP contribution in [0.5, 0.6) is 0 Å². The number of rotatable bonds is 3. The van der Waals surface area contributed by atoms with Crippen molar-refractivity contribution in [1.29, 1.82) is 0 Å². The molecule has 0 unspecified atom stereocenters. The Bertz CT molecular complexity index is 203. The van der Waals surface area contributed by atoms with Crippen molar-refractivity contribution in [2.24, 2.45) is 0 Å². The van der Waals surface area contributed by atoms with E-state index in [0.717, 1.165) is 14.7 Å². The molecular formula is C5H5BrClNS2. The van der Waals surface area contributed by atoms with Gasteiger partial charge in [-0.05, 0) is 15.9 Å². The van der Waals surface area contributed by atoms with Crippen LogP contribution in [0.3, 0.4) is 0 Å². The molecule has 1 nitrogen and oxygen atoms in total. The van der Waals surface area contributed by atoms with Gasteiger partial charge in [0.25, 0.3) is 0 Å². The Morgan fingerprint density at radius 1 is 1.80 bits per heavy atom. The highest BCUT2D eigenvalue weighted by Crippen LogP contribution is 2.24. The summed E-state index contributed by atoms with van der Waals surface area (Å²) in [5, 5.41) is 1.97. The normalized spacial score (nSPS) is 10.2. The van der Waals surface area contributed by atoms with Crippen LogP contribution in [0.1, 0.15) is 0 Å². The van der Waals surface area contributed by atoms with Crippen LogP contribution in [-0.4, -0.2) is 16.6 Å². The molecule has 0 aromatic carbocycles. The first-order valence-electron chi connectivity index (χ1n) is 2.62. The van der Waals surface area contributed by atoms with Gasteiger partial charge in [0.05, 0.1) is 0 Å². The lowest BCUT2D eigenvalue weighted by Crippen LogP contribution is -1.77. The molecule has 0 aliphatic carbocycles. The van der Waals surface area contributed by atoms with Crippen LogP contribution in [0.2, 0.25) is 0 Å². The zero-order chi connectivity index (χ0) is 7.40. The Hall–Kier alpha value is 0.750. The first-order valence-corrected chi connectivity index (χ1v) is 5.82. The summed E-state index contributed by atoms with van der Waals surface area (Å²) in [4.78, 5) is 4.19. The Balaban J connectivity index is 2.42. The maximum absolute atomic E-state index is 5.50. The highest BCUT2D eigenvalue weighted by Gasteiger charge is 1.97. The first-order chi connectivity index (χ1) is 4.83. The first kappa shape index (κ1) is 8.84. The lowest BCUT2D eigenvalue weighted by atomic mass is 11.0. The van der Waals surface area contributed by atoms with Crippen LogP contribution in [0, 0.1) is 0 Å². The summed E-state index contributed by atoms with van der Waals surface area (Å²) in [6, 6.07) is 0. The molecule has 0 radical (unpaired) electrons. The maximum atomic E-state index is 5.50. The molecule has 0 N–H and O–H groups in total. The monoisotopic (exact) mass is 257 g/mol. The zero-order valence-corrected chi connectivity index (χ0v) is 8.99. The van der Waals surface area contributed by atoms with Crippen LogP contribution in [0.25, 0.3) is 0 Å². The molecule has 0 aliphatic heterocycles. The van der Waals surface area contributed by atoms with Gasteiger partial charge in [0.2, 0.25) is 0 Å². The predicted octanol–water partition coefficient (Wildman–Crippen LogP) is 3.24. The average molecular weight is 259 g/mol. The Morgan fingerprint density at radius 2 is 2.60 bits per heavy atom. The Labute approximate surface area is 81.3 Å². The van der Waals surface area contributed by atoms with E-state index < -0.39 is 0 Å². The summed E-state index contributed by atoms with van der Waals surface area (Å²) < 4.78 is 1.99. The van der Waals surface area contributed by atoms with Crippen LogP contribution >= 0.6 is 50.6 Å². The number of aromatic nitrogens is 1. The van der Waals surface area contributed by atoms with E-state index in [9.17, 15) is 0 Å². The van der Waals surface area contributed by atoms with Crippen LogP contribution in [0.15, 0.2) is 14.3 Å². The van der Waals surface area contributed by atoms with Crippen molar-refractivity contribution in [3.63, 3.8) is 0 Å². The highest BCUT2D eigenvalue weighted by molar-refractivity contribution is 9.10. The second kappa shape index (κ2) is 4.59. The maximum Gasteiger partial charge on any atom is 0.151 e. The van der Waals surface area contributed by atoms with Crippen molar-refractivity contribution in [2.45, 2.75) is 4.34 Å². The molecular weight excluding hydrogens is 254 g/mol. The number of hydrogen-bond donors (Lipinski definition) is 0. The van der Waals surface area contributed by atoms with Gasteiger partial charge in [-0.15, -0.1) is 22.9 Å². The van der Waals surface area contributed by atoms with E-state index in [2.05, 4.69) is 20.9 Å². The number of halogens is 2. The van der Waals surface area contributed by atoms with Gasteiger partial charge in [-0.3, -0.25) is 0 Å². The van der Waals surface area contributed by atoms with E-state index in [1.54, 1.807) is 23.1 Å². The molecule has 10 heavy (non-hydrogen) atoms. The topological polar surface area (TPSA) is 12.9 Å². The van der Waals surface area contributed by atoms with Gasteiger partial charge in [0.1, 0.15) is 4.60 Å². The Kier molecular flexibility index (Phi) is 4.06. The third-order valence-electron chi connectivity index (χ3n) is 0.758. The van der Waals surface area contributed by atoms with Gasteiger partial charge in [0, 0.05) is 17.0 Å². The van der Waals surface area contributed by atoms with E-state index in [1.165, 1.54) is 0 Å². The van der Waals surface area contributed by atoms with Crippen molar-refractivity contribution < 1.29 is 0 Å². The number of thioether (sulfide) groups is 1. The van der Waals surface area contributed by atoms with Gasteiger partial charge in [0.15, 0.2) is 4.34 Å². The summed E-state index contributed by atoms with van der Waals surface area (Å²) in [7, 11) is 0. The highest BCUT2D eigenvalue weighted by atomic mass is 79.9. The SMILES string of the molecule is ClCCSc1nc(Br)cs1. The summed E-state index contributed by atoms with van der Waals surface area (Å²) in [6.45, 7) is 0. The van der Waals surface area contributed by atoms with Gasteiger partial charge in [-0.2, -0.15) is 0 Å². The standard InChI is InChI=1S/C5H5BrClNS2/c6-4-3-10-5(8-4)9-2-1-7/h3H,1-2H2. The molecule has 0 saturated carbocycles. The minimum atomic E-state index is 0.682. The minimum Gasteiger partial charge on any atom is -0.223 e. The average Bonchev–Trinajstić information content (AvgIpc) is 2.31. The van der Waals surface area contributed by atoms with Crippen LogP contribution in [-0.2, 0) is 0 Å². The predicted molar refractivity (Wildman–Crippen MR) is 51.3 cm³/mol. The van der Waals surface area contributed by atoms with Crippen molar-refractivity contribution in [2.75, 3.05) is 11.6 Å². The van der Waals surface area contributed by atoms with Crippen molar-refractivity contribution in [3.8, 4) is 0 Å². The number of alkyl halides is 1. The van der Waals surface area contributed by atoms with E-state index in [4.69, 9.17) is 11.6 Å². The number of thiazole rings is 1. The van der Waals surface area contributed by atoms with E-state index in [-0.39, 0.29) is 0 Å². The molecule has 0 fully saturated rings. The molecule has 0 saturated heterocycles. The fourth-order valence-corrected chi connectivity index (χ4v) is 2.84. The summed E-state index contributed by atoms with van der Waals surface area (Å²) in [5.41, 5.74) is 0. The fourth-order valence-electron chi connectivity index (χ4n) is 0.431. The largest absolute Gasteiger partial charge is 0.223 e. The molecule has 0 bridgehead atoms. The van der Waals surface area contributed by atoms with E-state index in [1.807, 2.05) is 5.38 Å². The van der Waals surface area contributed by atoms with Crippen molar-refractivity contribution in [1.82, 2.24) is 4.98 Å². The smallest absolute Gasteiger partial charge is 0.151 e. The van der Waals surface area contributed by atoms with Gasteiger partial charge in [-0.1, -0.05) is 11.8 Å². The van der Waals surface area contributed by atoms with Crippen LogP contribution < -0.4 is 0 Å². The van der Waals surface area contributed by atoms with E-state index >= 15 is 0 Å². The van der Waals surface area contributed by atoms with Crippen molar-refractivity contribution >= 4 is 50.6 Å². The second-order valence-electron chi connectivity index (χ2n) is 1.47. The molecule has 0 amide bonds. The summed E-state index contributed by atoms with van der Waals surface area (Å²) in [6.07, 6.45) is 0. The molecule has 0 spiro atoms. The molecule has 56 valence electrons. The lowest BCUT2D eigenvalue weighted by molar-refractivity contribution is 1.21. The molecule has 0 aliphatic rings. The molecule has 1 aromatic rings. The molecule has 1 heterocycles. The van der Waals surface area contributed by atoms with Gasteiger partial charge in [-0.25, -0.2) is 4.98 Å². The fraction of sp³-hybridized carbons (Fsp3) is 0.400. The molecule has 5 heteroatoms. The lowest BCUT2D eigenvalue weighted by Gasteiger charge is -1.88. The number of nitrogens with zero attached hydrogens (tertiary/aromatic N) is 1. The Morgan fingerprint density at radius 3 is 3.10 bits per heavy atom. The third-order valence-corrected chi connectivity index (χ3v) is 3.90. The molecule has 1 rings (SSSR count). The minimum absolute atomic E-state index is 0.682. The van der Waals surface area contributed by atoms with Crippen LogP contribution in [0.4, 0.5) is 0 Å². The second-order valence-corrected chi connectivity index (χ2v) is 4.86. The van der Waals surface area contributed by atoms with Gasteiger partial charge < -0.3 is 0 Å².